The Labute approximate surface area is 139 Å². The zero-order chi connectivity index (χ0) is 16.5. The Morgan fingerprint density at radius 3 is 2.58 bits per heavy atom. The van der Waals surface area contributed by atoms with Gasteiger partial charge in [-0.25, -0.2) is 4.98 Å². The highest BCUT2D eigenvalue weighted by molar-refractivity contribution is 6.35. The highest BCUT2D eigenvalue weighted by Gasteiger charge is 2.24. The number of hydrogen-bond acceptors (Lipinski definition) is 3. The van der Waals surface area contributed by atoms with Crippen molar-refractivity contribution in [2.75, 3.05) is 12.4 Å². The minimum atomic E-state index is -0.105. The highest BCUT2D eigenvalue weighted by Crippen LogP contribution is 2.36. The third kappa shape index (κ3) is 2.46. The van der Waals surface area contributed by atoms with Crippen LogP contribution in [0.3, 0.4) is 0 Å². The van der Waals surface area contributed by atoms with Crippen LogP contribution in [0.1, 0.15) is 11.3 Å². The molecule has 0 atom stereocenters. The molecule has 1 aliphatic heterocycles. The van der Waals surface area contributed by atoms with E-state index in [0.717, 1.165) is 33.8 Å². The fourth-order valence-electron chi connectivity index (χ4n) is 2.80. The van der Waals surface area contributed by atoms with Gasteiger partial charge >= 0.3 is 0 Å². The second-order valence-electron chi connectivity index (χ2n) is 5.51. The monoisotopic (exact) mass is 317 g/mol. The van der Waals surface area contributed by atoms with Gasteiger partial charge in [-0.1, -0.05) is 24.3 Å². The summed E-state index contributed by atoms with van der Waals surface area (Å²) in [6, 6.07) is 13.8. The summed E-state index contributed by atoms with van der Waals surface area (Å²) < 4.78 is 5.18. The summed E-state index contributed by atoms with van der Waals surface area (Å²) in [5, 5.41) is 2.93. The molecular formula is C19H15N3O2. The van der Waals surface area contributed by atoms with Crippen molar-refractivity contribution >= 4 is 23.2 Å². The number of fused-ring (bicyclic) bond motifs is 1. The number of amides is 1. The Balaban J connectivity index is 1.72. The van der Waals surface area contributed by atoms with E-state index in [9.17, 15) is 4.79 Å². The third-order valence-corrected chi connectivity index (χ3v) is 4.05. The number of methoxy groups -OCH3 is 1. The molecule has 2 aromatic carbocycles. The maximum Gasteiger partial charge on any atom is 0.256 e. The Bertz CT molecular complexity index is 926. The van der Waals surface area contributed by atoms with E-state index in [4.69, 9.17) is 4.74 Å². The first-order valence-corrected chi connectivity index (χ1v) is 7.55. The number of imidazole rings is 1. The standard InChI is InChI=1S/C19H15N3O2/c1-24-15-5-2-12(3-6-15)13-4-7-16-17(9-14-10-20-11-21-14)19(23)22-18(16)8-13/h2-11H,1H3,(H,20,21)(H,22,23)/b17-9-. The molecule has 2 N–H and O–H groups in total. The van der Waals surface area contributed by atoms with Crippen LogP contribution in [0.4, 0.5) is 5.69 Å². The average molecular weight is 317 g/mol. The molecule has 24 heavy (non-hydrogen) atoms. The molecule has 5 nitrogen and oxygen atoms in total. The lowest BCUT2D eigenvalue weighted by Crippen LogP contribution is -2.03. The Kier molecular flexibility index (Phi) is 3.39. The van der Waals surface area contributed by atoms with E-state index in [1.807, 2.05) is 42.5 Å². The molecule has 0 saturated heterocycles. The molecule has 4 rings (SSSR count). The maximum absolute atomic E-state index is 12.3. The van der Waals surface area contributed by atoms with Crippen LogP contribution < -0.4 is 10.1 Å². The van der Waals surface area contributed by atoms with E-state index in [0.29, 0.717) is 5.57 Å². The van der Waals surface area contributed by atoms with Crippen molar-refractivity contribution in [2.45, 2.75) is 0 Å². The van der Waals surface area contributed by atoms with Crippen LogP contribution in [0.5, 0.6) is 5.75 Å². The summed E-state index contributed by atoms with van der Waals surface area (Å²) in [5.41, 5.74) is 5.26. The van der Waals surface area contributed by atoms with Crippen LogP contribution in [-0.4, -0.2) is 23.0 Å². The molecule has 0 bridgehead atoms. The van der Waals surface area contributed by atoms with Gasteiger partial charge in [0.05, 0.1) is 30.9 Å². The number of carbonyl (C=O) groups is 1. The number of rotatable bonds is 3. The number of benzene rings is 2. The minimum absolute atomic E-state index is 0.105. The van der Waals surface area contributed by atoms with Gasteiger partial charge in [-0.2, -0.15) is 0 Å². The largest absolute Gasteiger partial charge is 0.497 e. The molecule has 118 valence electrons. The highest BCUT2D eigenvalue weighted by atomic mass is 16.5. The van der Waals surface area contributed by atoms with Crippen molar-refractivity contribution in [3.63, 3.8) is 0 Å². The second kappa shape index (κ2) is 5.70. The van der Waals surface area contributed by atoms with Crippen LogP contribution in [-0.2, 0) is 4.79 Å². The predicted octanol–water partition coefficient (Wildman–Crippen LogP) is 3.58. The van der Waals surface area contributed by atoms with E-state index in [1.54, 1.807) is 25.7 Å². The molecule has 1 aliphatic rings. The summed E-state index contributed by atoms with van der Waals surface area (Å²) in [7, 11) is 1.65. The van der Waals surface area contributed by atoms with Gasteiger partial charge in [0.1, 0.15) is 5.75 Å². The molecule has 5 heteroatoms. The molecular weight excluding hydrogens is 302 g/mol. The van der Waals surface area contributed by atoms with Crippen molar-refractivity contribution in [3.05, 3.63) is 66.2 Å². The van der Waals surface area contributed by atoms with Gasteiger partial charge in [0.15, 0.2) is 0 Å². The number of hydrogen-bond donors (Lipinski definition) is 2. The van der Waals surface area contributed by atoms with E-state index in [1.165, 1.54) is 0 Å². The summed E-state index contributed by atoms with van der Waals surface area (Å²) in [6.45, 7) is 0. The normalized spacial score (nSPS) is 14.5. The van der Waals surface area contributed by atoms with Crippen molar-refractivity contribution in [1.82, 2.24) is 9.97 Å². The number of anilines is 1. The lowest BCUT2D eigenvalue weighted by molar-refractivity contribution is -0.110. The van der Waals surface area contributed by atoms with E-state index < -0.39 is 0 Å². The van der Waals surface area contributed by atoms with Gasteiger partial charge in [0.25, 0.3) is 5.91 Å². The van der Waals surface area contributed by atoms with Gasteiger partial charge in [-0.05, 0) is 35.4 Å². The summed E-state index contributed by atoms with van der Waals surface area (Å²) in [5.74, 6) is 0.712. The molecule has 0 fully saturated rings. The minimum Gasteiger partial charge on any atom is -0.497 e. The third-order valence-electron chi connectivity index (χ3n) is 4.05. The fraction of sp³-hybridized carbons (Fsp3) is 0.0526. The summed E-state index contributed by atoms with van der Waals surface area (Å²) >= 11 is 0. The first-order chi connectivity index (χ1) is 11.7. The lowest BCUT2D eigenvalue weighted by atomic mass is 10.00. The zero-order valence-electron chi connectivity index (χ0n) is 13.0. The van der Waals surface area contributed by atoms with E-state index in [2.05, 4.69) is 15.3 Å². The molecule has 0 unspecified atom stereocenters. The van der Waals surface area contributed by atoms with Gasteiger partial charge in [0.2, 0.25) is 0 Å². The van der Waals surface area contributed by atoms with Crippen LogP contribution in [0, 0.1) is 0 Å². The van der Waals surface area contributed by atoms with Crippen molar-refractivity contribution < 1.29 is 9.53 Å². The van der Waals surface area contributed by atoms with Crippen molar-refractivity contribution in [3.8, 4) is 16.9 Å². The number of ether oxygens (including phenoxy) is 1. The Hall–Kier alpha value is -3.34. The quantitative estimate of drug-likeness (QED) is 0.726. The second-order valence-corrected chi connectivity index (χ2v) is 5.51. The Morgan fingerprint density at radius 2 is 1.88 bits per heavy atom. The predicted molar refractivity (Wildman–Crippen MR) is 93.5 cm³/mol. The maximum atomic E-state index is 12.3. The Morgan fingerprint density at radius 1 is 1.08 bits per heavy atom. The first-order valence-electron chi connectivity index (χ1n) is 7.55. The molecule has 0 spiro atoms. The van der Waals surface area contributed by atoms with Crippen LogP contribution >= 0.6 is 0 Å². The number of aromatic nitrogens is 2. The van der Waals surface area contributed by atoms with Gasteiger partial charge in [-0.3, -0.25) is 4.79 Å². The van der Waals surface area contributed by atoms with Crippen LogP contribution in [0.15, 0.2) is 55.0 Å². The van der Waals surface area contributed by atoms with Gasteiger partial charge in [0, 0.05) is 11.3 Å². The number of H-pyrrole nitrogens is 1. The molecule has 0 aliphatic carbocycles. The van der Waals surface area contributed by atoms with E-state index >= 15 is 0 Å². The molecule has 2 heterocycles. The zero-order valence-corrected chi connectivity index (χ0v) is 13.0. The lowest BCUT2D eigenvalue weighted by Gasteiger charge is -2.06. The summed E-state index contributed by atoms with van der Waals surface area (Å²) in [4.78, 5) is 19.2. The number of nitrogens with zero attached hydrogens (tertiary/aromatic N) is 1. The fourth-order valence-corrected chi connectivity index (χ4v) is 2.80. The number of nitrogens with one attached hydrogen (secondary N) is 2. The molecule has 1 aromatic heterocycles. The van der Waals surface area contributed by atoms with Gasteiger partial charge < -0.3 is 15.0 Å². The molecule has 1 amide bonds. The van der Waals surface area contributed by atoms with Crippen molar-refractivity contribution in [1.29, 1.82) is 0 Å². The topological polar surface area (TPSA) is 67.0 Å². The molecule has 3 aromatic rings. The summed E-state index contributed by atoms with van der Waals surface area (Å²) in [6.07, 6.45) is 5.08. The first kappa shape index (κ1) is 14.3. The van der Waals surface area contributed by atoms with Gasteiger partial charge in [-0.15, -0.1) is 0 Å². The molecule has 0 radical (unpaired) electrons. The molecule has 0 saturated carbocycles. The van der Waals surface area contributed by atoms with E-state index in [-0.39, 0.29) is 5.91 Å². The van der Waals surface area contributed by atoms with Crippen molar-refractivity contribution in [2.24, 2.45) is 0 Å². The van der Waals surface area contributed by atoms with Crippen LogP contribution in [0.25, 0.3) is 22.8 Å². The number of carbonyl (C=O) groups excluding carboxylic acids is 1. The van der Waals surface area contributed by atoms with Crippen LogP contribution in [0.2, 0.25) is 0 Å². The smallest absolute Gasteiger partial charge is 0.256 e. The SMILES string of the molecule is COc1ccc(-c2ccc3c(c2)NC(=O)/C3=C\c2cnc[nH]2)cc1. The average Bonchev–Trinajstić information content (AvgIpc) is 3.23. The number of aromatic amines is 1.